The number of methoxy groups -OCH3 is 1. The lowest BCUT2D eigenvalue weighted by Crippen LogP contribution is -2.42. The van der Waals surface area contributed by atoms with E-state index in [9.17, 15) is 31.8 Å². The van der Waals surface area contributed by atoms with Gasteiger partial charge in [0.1, 0.15) is 12.6 Å². The topological polar surface area (TPSA) is 140 Å². The zero-order valence-corrected chi connectivity index (χ0v) is 26.0. The molecule has 45 heavy (non-hydrogen) atoms. The Morgan fingerprint density at radius 2 is 1.82 bits per heavy atom. The Morgan fingerprint density at radius 3 is 2.47 bits per heavy atom. The van der Waals surface area contributed by atoms with Crippen molar-refractivity contribution in [3.8, 4) is 11.8 Å². The fourth-order valence-electron chi connectivity index (χ4n) is 6.85. The molecule has 3 aliphatic carbocycles. The highest BCUT2D eigenvalue weighted by molar-refractivity contribution is 7.93. The van der Waals surface area contributed by atoms with E-state index < -0.39 is 41.1 Å². The number of likely N-dealkylation sites (tertiary alicyclic amines) is 1. The van der Waals surface area contributed by atoms with Crippen molar-refractivity contribution in [2.45, 2.75) is 68.7 Å². The van der Waals surface area contributed by atoms with Gasteiger partial charge in [-0.15, -0.1) is 0 Å². The summed E-state index contributed by atoms with van der Waals surface area (Å²) in [5.41, 5.74) is 1.43. The first-order valence-electron chi connectivity index (χ1n) is 15.3. The molecule has 1 saturated heterocycles. The molecule has 0 amide bonds. The van der Waals surface area contributed by atoms with Crippen molar-refractivity contribution in [2.24, 2.45) is 17.0 Å². The third-order valence-electron chi connectivity index (χ3n) is 9.28. The van der Waals surface area contributed by atoms with E-state index in [0.29, 0.717) is 36.4 Å². The number of aliphatic hydroxyl groups is 2. The van der Waals surface area contributed by atoms with Crippen LogP contribution >= 0.6 is 0 Å². The number of allylic oxidation sites excluding steroid dienone is 5. The fourth-order valence-corrected chi connectivity index (χ4v) is 7.49. The third kappa shape index (κ3) is 8.40. The maximum Gasteiger partial charge on any atom is 0.406 e. The highest BCUT2D eigenvalue weighted by Gasteiger charge is 2.41. The molecule has 2 heterocycles. The van der Waals surface area contributed by atoms with Gasteiger partial charge in [-0.1, -0.05) is 18.1 Å². The normalized spacial score (nSPS) is 32.2. The summed E-state index contributed by atoms with van der Waals surface area (Å²) in [6.45, 7) is 0.720. The highest BCUT2D eigenvalue weighted by Crippen LogP contribution is 2.38. The van der Waals surface area contributed by atoms with Crippen LogP contribution in [0.2, 0.25) is 0 Å². The van der Waals surface area contributed by atoms with E-state index in [0.717, 1.165) is 32.2 Å². The molecule has 0 spiro atoms. The minimum absolute atomic E-state index is 0.0498. The minimum atomic E-state index is -4.43. The van der Waals surface area contributed by atoms with E-state index in [-0.39, 0.29) is 35.5 Å². The molecule has 10 nitrogen and oxygen atoms in total. The first-order chi connectivity index (χ1) is 21.3. The summed E-state index contributed by atoms with van der Waals surface area (Å²) < 4.78 is 69.7. The van der Waals surface area contributed by atoms with Crippen LogP contribution in [-0.2, 0) is 14.8 Å². The molecule has 2 aliphatic heterocycles. The summed E-state index contributed by atoms with van der Waals surface area (Å²) in [5, 5.41) is 31.7. The second-order valence-electron chi connectivity index (χ2n) is 12.3. The Labute approximate surface area is 262 Å². The molecular formula is C31H42F3N5O5S. The fraction of sp³-hybridized carbons (Fsp3) is 0.613. The van der Waals surface area contributed by atoms with Gasteiger partial charge in [-0.2, -0.15) is 13.2 Å². The number of β-amino-alcohol motifs (C(OH)–C–C–N with tert-alkyl or cyclic N) is 2. The van der Waals surface area contributed by atoms with Crippen LogP contribution in [0.1, 0.15) is 32.1 Å². The van der Waals surface area contributed by atoms with E-state index in [1.807, 2.05) is 6.08 Å². The van der Waals surface area contributed by atoms with Gasteiger partial charge in [0.2, 0.25) is 10.0 Å². The first kappa shape index (κ1) is 33.7. The number of halogens is 3. The number of alkyl halides is 3. The van der Waals surface area contributed by atoms with Gasteiger partial charge in [-0.3, -0.25) is 4.90 Å². The highest BCUT2D eigenvalue weighted by atomic mass is 32.2. The van der Waals surface area contributed by atoms with E-state index >= 15 is 0 Å². The molecule has 14 heteroatoms. The smallest absolute Gasteiger partial charge is 0.389 e. The van der Waals surface area contributed by atoms with Crippen LogP contribution in [0, 0.1) is 23.7 Å². The molecule has 0 aromatic heterocycles. The van der Waals surface area contributed by atoms with Crippen molar-refractivity contribution >= 4 is 10.0 Å². The Kier molecular flexibility index (Phi) is 10.5. The van der Waals surface area contributed by atoms with Gasteiger partial charge < -0.3 is 30.5 Å². The molecule has 5 aliphatic rings. The number of hydrogen-bond donors (Lipinski definition) is 5. The zero-order chi connectivity index (χ0) is 32.4. The number of nitrogens with two attached hydrogens (primary N) is 1. The van der Waals surface area contributed by atoms with Crippen LogP contribution in [0.25, 0.3) is 0 Å². The standard InChI is InChI=1S/C31H42F3N5O5S/c1-44-30-15-23(45(35,42)43)11-12-26(30)36-13-3-4-22-14-24-25(5-2-6-27(24)39(22)19-31(32,33)34)37-16-20-7-9-21(10-8-20)38-17-28(40)29(41)18-38/h2,5-6,11-12,14,20-21,24-25,28-30,36-37,40-41H,7-10,13,15-19H2,1H3,(H2,35,42,43)/t20?,21?,24?,25?,28-,29?,30?/m1/s1. The van der Waals surface area contributed by atoms with Crippen LogP contribution in [-0.4, -0.2) is 105 Å². The second kappa shape index (κ2) is 14.0. The number of ether oxygens (including phenoxy) is 1. The van der Waals surface area contributed by atoms with Crippen molar-refractivity contribution in [3.63, 3.8) is 0 Å². The van der Waals surface area contributed by atoms with Crippen molar-refractivity contribution < 1.29 is 36.5 Å². The molecule has 248 valence electrons. The van der Waals surface area contributed by atoms with Crippen LogP contribution < -0.4 is 15.8 Å². The molecule has 1 saturated carbocycles. The summed E-state index contributed by atoms with van der Waals surface area (Å²) in [6, 6.07) is 0.182. The van der Waals surface area contributed by atoms with E-state index in [1.54, 1.807) is 24.3 Å². The summed E-state index contributed by atoms with van der Waals surface area (Å²) in [4.78, 5) is 3.47. The van der Waals surface area contributed by atoms with Crippen molar-refractivity contribution in [2.75, 3.05) is 39.8 Å². The second-order valence-corrected chi connectivity index (χ2v) is 14.0. The van der Waals surface area contributed by atoms with Crippen molar-refractivity contribution in [1.82, 2.24) is 20.4 Å². The SMILES string of the molecule is COC1CC(S(N)(=O)=O)=CC=C1NCC#CC1=CC2C(=CC=CC2NCC2CCC(N3CC(O)[C@H](O)C3)CC2)N1CC(F)(F)F. The largest absolute Gasteiger partial charge is 0.406 e. The van der Waals surface area contributed by atoms with Crippen molar-refractivity contribution in [3.05, 3.63) is 58.5 Å². The van der Waals surface area contributed by atoms with Gasteiger partial charge in [0.15, 0.2) is 0 Å². The Hall–Kier alpha value is -2.64. The van der Waals surface area contributed by atoms with Crippen LogP contribution in [0.5, 0.6) is 0 Å². The van der Waals surface area contributed by atoms with Gasteiger partial charge in [0.25, 0.3) is 0 Å². The van der Waals surface area contributed by atoms with Gasteiger partial charge in [0.05, 0.1) is 29.4 Å². The van der Waals surface area contributed by atoms with Crippen LogP contribution in [0.3, 0.4) is 0 Å². The quantitative estimate of drug-likeness (QED) is 0.234. The van der Waals surface area contributed by atoms with Gasteiger partial charge in [0, 0.05) is 56.0 Å². The molecule has 6 N–H and O–H groups in total. The maximum atomic E-state index is 13.6. The molecule has 0 aromatic rings. The lowest BCUT2D eigenvalue weighted by atomic mass is 9.84. The molecule has 4 unspecified atom stereocenters. The Morgan fingerprint density at radius 1 is 1.11 bits per heavy atom. The number of sulfonamides is 1. The lowest BCUT2D eigenvalue weighted by molar-refractivity contribution is -0.137. The number of hydrogen-bond acceptors (Lipinski definition) is 9. The average molecular weight is 654 g/mol. The molecule has 0 aromatic carbocycles. The molecule has 0 bridgehead atoms. The number of nitrogens with zero attached hydrogens (tertiary/aromatic N) is 2. The number of nitrogens with one attached hydrogen (secondary N) is 2. The number of primary sulfonamides is 1. The monoisotopic (exact) mass is 653 g/mol. The Bertz CT molecular complexity index is 1410. The van der Waals surface area contributed by atoms with Gasteiger partial charge in [-0.05, 0) is 68.4 Å². The van der Waals surface area contributed by atoms with E-state index in [1.165, 1.54) is 18.1 Å². The average Bonchev–Trinajstić information content (AvgIpc) is 3.51. The first-order valence-corrected chi connectivity index (χ1v) is 16.8. The van der Waals surface area contributed by atoms with E-state index in [2.05, 4.69) is 27.4 Å². The van der Waals surface area contributed by atoms with Gasteiger partial charge >= 0.3 is 6.18 Å². The summed E-state index contributed by atoms with van der Waals surface area (Å²) in [7, 11) is -2.39. The molecular weight excluding hydrogens is 611 g/mol. The molecule has 5 atom stereocenters. The molecule has 5 rings (SSSR count). The van der Waals surface area contributed by atoms with Crippen LogP contribution in [0.4, 0.5) is 13.2 Å². The Balaban J connectivity index is 1.20. The van der Waals surface area contributed by atoms with Crippen molar-refractivity contribution in [1.29, 1.82) is 0 Å². The van der Waals surface area contributed by atoms with Gasteiger partial charge in [-0.25, -0.2) is 13.6 Å². The predicted molar refractivity (Wildman–Crippen MR) is 163 cm³/mol. The molecule has 0 radical (unpaired) electrons. The predicted octanol–water partition coefficient (Wildman–Crippen LogP) is 1.44. The summed E-state index contributed by atoms with van der Waals surface area (Å²) in [5.74, 6) is 5.98. The molecule has 2 fully saturated rings. The zero-order valence-electron chi connectivity index (χ0n) is 25.2. The third-order valence-corrected chi connectivity index (χ3v) is 10.3. The lowest BCUT2D eigenvalue weighted by Gasteiger charge is -2.36. The minimum Gasteiger partial charge on any atom is -0.389 e. The maximum absolute atomic E-state index is 13.6. The number of rotatable bonds is 9. The number of aliphatic hydroxyl groups excluding tert-OH is 2. The summed E-state index contributed by atoms with van der Waals surface area (Å²) >= 11 is 0. The van der Waals surface area contributed by atoms with Crippen LogP contribution in [0.15, 0.2) is 58.5 Å². The summed E-state index contributed by atoms with van der Waals surface area (Å²) in [6.07, 6.45) is 7.93. The number of fused-ring (bicyclic) bond motifs is 1. The van der Waals surface area contributed by atoms with E-state index in [4.69, 9.17) is 9.88 Å².